The van der Waals surface area contributed by atoms with Crippen LogP contribution in [0.5, 0.6) is 0 Å². The second-order valence-electron chi connectivity index (χ2n) is 6.41. The maximum absolute atomic E-state index is 12.4. The Labute approximate surface area is 151 Å². The number of nitrogens with one attached hydrogen (secondary N) is 3. The standard InChI is InChI=1S/C19H23N3O2S/c1-13-11-20-9-8-16(13)22-18(23)15-6-4-14(5-7-15)12-21-19(24)17-3-2-10-25-17/h2-7,10,13,16,20H,8-9,11-12H2,1H3,(H,21,24)(H,22,23). The third-order valence-corrected chi connectivity index (χ3v) is 5.38. The van der Waals surface area contributed by atoms with Crippen LogP contribution in [-0.4, -0.2) is 30.9 Å². The van der Waals surface area contributed by atoms with Crippen molar-refractivity contribution in [3.8, 4) is 0 Å². The van der Waals surface area contributed by atoms with Crippen molar-refractivity contribution in [2.45, 2.75) is 25.9 Å². The molecular formula is C19H23N3O2S. The predicted molar refractivity (Wildman–Crippen MR) is 99.8 cm³/mol. The van der Waals surface area contributed by atoms with Crippen LogP contribution in [0.25, 0.3) is 0 Å². The van der Waals surface area contributed by atoms with Gasteiger partial charge >= 0.3 is 0 Å². The predicted octanol–water partition coefficient (Wildman–Crippen LogP) is 2.41. The molecule has 1 aliphatic rings. The van der Waals surface area contributed by atoms with E-state index in [2.05, 4.69) is 22.9 Å². The Kier molecular flexibility index (Phi) is 5.83. The summed E-state index contributed by atoms with van der Waals surface area (Å²) in [6.45, 7) is 4.48. The van der Waals surface area contributed by atoms with E-state index in [4.69, 9.17) is 0 Å². The van der Waals surface area contributed by atoms with Crippen molar-refractivity contribution in [1.82, 2.24) is 16.0 Å². The van der Waals surface area contributed by atoms with Gasteiger partial charge < -0.3 is 16.0 Å². The van der Waals surface area contributed by atoms with Gasteiger partial charge in [-0.05, 0) is 54.6 Å². The van der Waals surface area contributed by atoms with Crippen molar-refractivity contribution in [1.29, 1.82) is 0 Å². The second kappa shape index (κ2) is 8.27. The third kappa shape index (κ3) is 4.67. The zero-order chi connectivity index (χ0) is 17.6. The molecule has 6 heteroatoms. The Balaban J connectivity index is 1.52. The number of thiophene rings is 1. The molecule has 132 valence electrons. The van der Waals surface area contributed by atoms with Crippen LogP contribution in [0.15, 0.2) is 41.8 Å². The monoisotopic (exact) mass is 357 g/mol. The molecular weight excluding hydrogens is 334 g/mol. The fourth-order valence-corrected chi connectivity index (χ4v) is 3.57. The van der Waals surface area contributed by atoms with Crippen LogP contribution in [0.2, 0.25) is 0 Å². The van der Waals surface area contributed by atoms with E-state index in [1.165, 1.54) is 11.3 Å². The number of hydrogen-bond donors (Lipinski definition) is 3. The first-order chi connectivity index (χ1) is 12.1. The number of carbonyl (C=O) groups excluding carboxylic acids is 2. The molecule has 1 saturated heterocycles. The molecule has 0 bridgehead atoms. The number of amides is 2. The van der Waals surface area contributed by atoms with Crippen molar-refractivity contribution in [3.05, 3.63) is 57.8 Å². The van der Waals surface area contributed by atoms with Crippen LogP contribution >= 0.6 is 11.3 Å². The molecule has 2 amide bonds. The first-order valence-corrected chi connectivity index (χ1v) is 9.43. The van der Waals surface area contributed by atoms with Crippen LogP contribution in [0.3, 0.4) is 0 Å². The van der Waals surface area contributed by atoms with Crippen LogP contribution < -0.4 is 16.0 Å². The first-order valence-electron chi connectivity index (χ1n) is 8.55. The minimum absolute atomic E-state index is 0.0343. The maximum Gasteiger partial charge on any atom is 0.261 e. The lowest BCUT2D eigenvalue weighted by Crippen LogP contribution is -2.48. The van der Waals surface area contributed by atoms with Gasteiger partial charge in [-0.15, -0.1) is 11.3 Å². The normalized spacial score (nSPS) is 20.0. The van der Waals surface area contributed by atoms with Gasteiger partial charge in [0.25, 0.3) is 11.8 Å². The fourth-order valence-electron chi connectivity index (χ4n) is 2.93. The van der Waals surface area contributed by atoms with Gasteiger partial charge in [0, 0.05) is 18.2 Å². The third-order valence-electron chi connectivity index (χ3n) is 4.52. The number of benzene rings is 1. The lowest BCUT2D eigenvalue weighted by molar-refractivity contribution is 0.0912. The Morgan fingerprint density at radius 3 is 2.68 bits per heavy atom. The highest BCUT2D eigenvalue weighted by Crippen LogP contribution is 2.12. The fraction of sp³-hybridized carbons (Fsp3) is 0.368. The summed E-state index contributed by atoms with van der Waals surface area (Å²) in [5.74, 6) is 0.328. The molecule has 3 N–H and O–H groups in total. The molecule has 3 rings (SSSR count). The highest BCUT2D eigenvalue weighted by Gasteiger charge is 2.22. The smallest absolute Gasteiger partial charge is 0.261 e. The lowest BCUT2D eigenvalue weighted by atomic mass is 9.95. The molecule has 0 radical (unpaired) electrons. The van der Waals surface area contributed by atoms with E-state index in [1.54, 1.807) is 6.07 Å². The Morgan fingerprint density at radius 1 is 1.20 bits per heavy atom. The largest absolute Gasteiger partial charge is 0.349 e. The van der Waals surface area contributed by atoms with Crippen LogP contribution in [0, 0.1) is 5.92 Å². The summed E-state index contributed by atoms with van der Waals surface area (Å²) in [4.78, 5) is 25.0. The van der Waals surface area contributed by atoms with E-state index in [-0.39, 0.29) is 17.9 Å². The molecule has 1 aliphatic heterocycles. The lowest BCUT2D eigenvalue weighted by Gasteiger charge is -2.30. The van der Waals surface area contributed by atoms with E-state index in [9.17, 15) is 9.59 Å². The van der Waals surface area contributed by atoms with E-state index >= 15 is 0 Å². The highest BCUT2D eigenvalue weighted by molar-refractivity contribution is 7.12. The summed E-state index contributed by atoms with van der Waals surface area (Å²) >= 11 is 1.42. The summed E-state index contributed by atoms with van der Waals surface area (Å²) in [6, 6.07) is 11.3. The topological polar surface area (TPSA) is 70.2 Å². The van der Waals surface area contributed by atoms with E-state index < -0.39 is 0 Å². The van der Waals surface area contributed by atoms with Crippen molar-refractivity contribution in [2.24, 2.45) is 5.92 Å². The second-order valence-corrected chi connectivity index (χ2v) is 7.35. The van der Waals surface area contributed by atoms with E-state index in [0.717, 1.165) is 25.1 Å². The van der Waals surface area contributed by atoms with Crippen LogP contribution in [-0.2, 0) is 6.54 Å². The molecule has 25 heavy (non-hydrogen) atoms. The minimum atomic E-state index is -0.0725. The number of rotatable bonds is 5. The number of carbonyl (C=O) groups is 2. The molecule has 2 atom stereocenters. The van der Waals surface area contributed by atoms with Crippen LogP contribution in [0.4, 0.5) is 0 Å². The molecule has 1 aromatic carbocycles. The molecule has 1 fully saturated rings. The van der Waals surface area contributed by atoms with Gasteiger partial charge in [0.05, 0.1) is 4.88 Å². The zero-order valence-corrected chi connectivity index (χ0v) is 15.1. The molecule has 1 aromatic heterocycles. The maximum atomic E-state index is 12.4. The van der Waals surface area contributed by atoms with Crippen molar-refractivity contribution >= 4 is 23.2 Å². The van der Waals surface area contributed by atoms with E-state index in [1.807, 2.05) is 35.7 Å². The summed E-state index contributed by atoms with van der Waals surface area (Å²) in [7, 11) is 0. The molecule has 0 aliphatic carbocycles. The van der Waals surface area contributed by atoms with Gasteiger partial charge in [0.15, 0.2) is 0 Å². The SMILES string of the molecule is CC1CNCCC1NC(=O)c1ccc(CNC(=O)c2cccs2)cc1. The summed E-state index contributed by atoms with van der Waals surface area (Å²) < 4.78 is 0. The number of piperidine rings is 1. The summed E-state index contributed by atoms with van der Waals surface area (Å²) in [5, 5.41) is 11.2. The van der Waals surface area contributed by atoms with Gasteiger partial charge in [0.1, 0.15) is 0 Å². The Morgan fingerprint density at radius 2 is 2.00 bits per heavy atom. The molecule has 5 nitrogen and oxygen atoms in total. The van der Waals surface area contributed by atoms with Gasteiger partial charge in [-0.1, -0.05) is 25.1 Å². The molecule has 0 saturated carbocycles. The number of hydrogen-bond acceptors (Lipinski definition) is 4. The molecule has 2 heterocycles. The first kappa shape index (κ1) is 17.6. The average molecular weight is 357 g/mol. The van der Waals surface area contributed by atoms with E-state index in [0.29, 0.717) is 22.9 Å². The quantitative estimate of drug-likeness (QED) is 0.770. The van der Waals surface area contributed by atoms with Crippen LogP contribution in [0.1, 0.15) is 38.9 Å². The minimum Gasteiger partial charge on any atom is -0.349 e. The zero-order valence-electron chi connectivity index (χ0n) is 14.2. The van der Waals surface area contributed by atoms with Crippen molar-refractivity contribution in [2.75, 3.05) is 13.1 Å². The Hall–Kier alpha value is -2.18. The molecule has 0 spiro atoms. The van der Waals surface area contributed by atoms with Gasteiger partial charge in [-0.25, -0.2) is 0 Å². The average Bonchev–Trinajstić information content (AvgIpc) is 3.17. The van der Waals surface area contributed by atoms with Crippen molar-refractivity contribution < 1.29 is 9.59 Å². The molecule has 2 unspecified atom stereocenters. The molecule has 2 aromatic rings. The van der Waals surface area contributed by atoms with Crippen molar-refractivity contribution in [3.63, 3.8) is 0 Å². The van der Waals surface area contributed by atoms with Gasteiger partial charge in [-0.2, -0.15) is 0 Å². The van der Waals surface area contributed by atoms with Gasteiger partial charge in [-0.3, -0.25) is 9.59 Å². The summed E-state index contributed by atoms with van der Waals surface area (Å²) in [6.07, 6.45) is 0.958. The summed E-state index contributed by atoms with van der Waals surface area (Å²) in [5.41, 5.74) is 1.62. The van der Waals surface area contributed by atoms with Gasteiger partial charge in [0.2, 0.25) is 0 Å². The highest BCUT2D eigenvalue weighted by atomic mass is 32.1. The Bertz CT molecular complexity index is 713.